The average molecular weight is 384 g/mol. The smallest absolute Gasteiger partial charge is 0.244 e. The Morgan fingerprint density at radius 1 is 1.36 bits per heavy atom. The van der Waals surface area contributed by atoms with Gasteiger partial charge in [-0.3, -0.25) is 19.8 Å². The molecule has 9 heteroatoms. The van der Waals surface area contributed by atoms with E-state index in [0.29, 0.717) is 26.1 Å². The highest BCUT2D eigenvalue weighted by Crippen LogP contribution is 2.38. The number of aliphatic hydroxyl groups is 1. The van der Waals surface area contributed by atoms with Gasteiger partial charge in [0.1, 0.15) is 6.23 Å². The van der Waals surface area contributed by atoms with Crippen LogP contribution in [0, 0.1) is 0 Å². The first-order valence-electron chi connectivity index (χ1n) is 9.40. The second-order valence-electron chi connectivity index (χ2n) is 7.12. The molecule has 0 aliphatic carbocycles. The number of carbonyl (C=O) groups is 2. The van der Waals surface area contributed by atoms with E-state index >= 15 is 0 Å². The summed E-state index contributed by atoms with van der Waals surface area (Å²) in [5.41, 5.74) is 9.14. The molecule has 9 nitrogen and oxygen atoms in total. The first kappa shape index (κ1) is 18.6. The number of imidazole rings is 1. The van der Waals surface area contributed by atoms with Crippen molar-refractivity contribution in [3.05, 3.63) is 47.5 Å². The highest BCUT2D eigenvalue weighted by atomic mass is 16.3. The predicted octanol–water partition coefficient (Wildman–Crippen LogP) is 0.0656. The molecule has 0 spiro atoms. The van der Waals surface area contributed by atoms with Crippen LogP contribution in [0.5, 0.6) is 0 Å². The minimum atomic E-state index is -0.860. The summed E-state index contributed by atoms with van der Waals surface area (Å²) in [4.78, 5) is 29.6. The highest BCUT2D eigenvalue weighted by Gasteiger charge is 2.40. The van der Waals surface area contributed by atoms with Gasteiger partial charge >= 0.3 is 0 Å². The van der Waals surface area contributed by atoms with E-state index in [1.165, 1.54) is 0 Å². The second-order valence-corrected chi connectivity index (χ2v) is 7.12. The van der Waals surface area contributed by atoms with Gasteiger partial charge in [-0.1, -0.05) is 12.1 Å². The molecular formula is C19H24N6O3. The standard InChI is InChI=1S/C19H24N6O3/c20-8-12-9-24(11-22-12)7-6-21-15-3-1-2-13-14(15)10-25(19(13)28)16-4-5-17(26)23-18(16)27/h1-3,9,11,16,19,21,28H,4-8,10,20H2,(H,23,26,27). The van der Waals surface area contributed by atoms with Gasteiger partial charge in [0.25, 0.3) is 0 Å². The Kier molecular flexibility index (Phi) is 5.12. The lowest BCUT2D eigenvalue weighted by Gasteiger charge is -2.31. The van der Waals surface area contributed by atoms with Crippen molar-refractivity contribution in [1.82, 2.24) is 19.8 Å². The van der Waals surface area contributed by atoms with Gasteiger partial charge in [0.15, 0.2) is 0 Å². The van der Waals surface area contributed by atoms with Gasteiger partial charge < -0.3 is 20.7 Å². The molecule has 1 fully saturated rings. The van der Waals surface area contributed by atoms with E-state index in [2.05, 4.69) is 15.6 Å². The average Bonchev–Trinajstić information content (AvgIpc) is 3.27. The maximum atomic E-state index is 12.2. The molecular weight excluding hydrogens is 360 g/mol. The van der Waals surface area contributed by atoms with Crippen molar-refractivity contribution in [1.29, 1.82) is 0 Å². The minimum absolute atomic E-state index is 0.257. The molecule has 4 rings (SSSR count). The number of hydrogen-bond donors (Lipinski definition) is 4. The SMILES string of the molecule is NCc1cn(CCNc2cccc3c2CN(C2CCC(=O)NC2=O)C3O)cn1. The first-order valence-corrected chi connectivity index (χ1v) is 9.40. The summed E-state index contributed by atoms with van der Waals surface area (Å²) < 4.78 is 1.98. The maximum absolute atomic E-state index is 12.2. The minimum Gasteiger partial charge on any atom is -0.383 e. The van der Waals surface area contributed by atoms with Gasteiger partial charge in [-0.2, -0.15) is 0 Å². The molecule has 1 aromatic heterocycles. The second kappa shape index (κ2) is 7.70. The zero-order chi connectivity index (χ0) is 19.7. The normalized spacial score (nSPS) is 22.2. The maximum Gasteiger partial charge on any atom is 0.244 e. The van der Waals surface area contributed by atoms with Crippen molar-refractivity contribution >= 4 is 17.5 Å². The lowest BCUT2D eigenvalue weighted by atomic mass is 10.0. The Balaban J connectivity index is 1.44. The number of amides is 2. The molecule has 0 radical (unpaired) electrons. The Morgan fingerprint density at radius 2 is 2.21 bits per heavy atom. The van der Waals surface area contributed by atoms with Crippen molar-refractivity contribution in [3.8, 4) is 0 Å². The molecule has 148 valence electrons. The Hall–Kier alpha value is -2.75. The molecule has 3 heterocycles. The molecule has 2 aliphatic heterocycles. The van der Waals surface area contributed by atoms with E-state index in [1.807, 2.05) is 29.0 Å². The summed E-state index contributed by atoms with van der Waals surface area (Å²) >= 11 is 0. The van der Waals surface area contributed by atoms with Crippen LogP contribution < -0.4 is 16.4 Å². The summed E-state index contributed by atoms with van der Waals surface area (Å²) in [6, 6.07) is 5.23. The van der Waals surface area contributed by atoms with Crippen molar-refractivity contribution in [2.45, 2.75) is 44.7 Å². The van der Waals surface area contributed by atoms with Gasteiger partial charge in [0.2, 0.25) is 11.8 Å². The van der Waals surface area contributed by atoms with Crippen molar-refractivity contribution in [2.24, 2.45) is 5.73 Å². The lowest BCUT2D eigenvalue weighted by molar-refractivity contribution is -0.141. The molecule has 2 aromatic rings. The number of rotatable bonds is 6. The van der Waals surface area contributed by atoms with Crippen LogP contribution in [-0.2, 0) is 29.2 Å². The quantitative estimate of drug-likeness (QED) is 0.519. The number of nitrogens with two attached hydrogens (primary N) is 1. The van der Waals surface area contributed by atoms with Crippen LogP contribution in [0.15, 0.2) is 30.7 Å². The van der Waals surface area contributed by atoms with Crippen LogP contribution in [0.3, 0.4) is 0 Å². The molecule has 2 atom stereocenters. The van der Waals surface area contributed by atoms with Crippen LogP contribution in [0.4, 0.5) is 5.69 Å². The summed E-state index contributed by atoms with van der Waals surface area (Å²) in [5.74, 6) is -0.597. The van der Waals surface area contributed by atoms with E-state index in [4.69, 9.17) is 5.73 Å². The van der Waals surface area contributed by atoms with Gasteiger partial charge in [0.05, 0.1) is 18.1 Å². The zero-order valence-electron chi connectivity index (χ0n) is 15.5. The summed E-state index contributed by atoms with van der Waals surface area (Å²) in [6.45, 7) is 2.29. The van der Waals surface area contributed by atoms with E-state index in [-0.39, 0.29) is 18.2 Å². The van der Waals surface area contributed by atoms with Crippen LogP contribution in [0.2, 0.25) is 0 Å². The van der Waals surface area contributed by atoms with E-state index in [0.717, 1.165) is 29.1 Å². The first-order chi connectivity index (χ1) is 13.6. The fourth-order valence-corrected chi connectivity index (χ4v) is 3.87. The number of piperidine rings is 1. The topological polar surface area (TPSA) is 126 Å². The Morgan fingerprint density at radius 3 is 2.96 bits per heavy atom. The molecule has 28 heavy (non-hydrogen) atoms. The van der Waals surface area contributed by atoms with Crippen LogP contribution in [-0.4, -0.2) is 44.0 Å². The number of anilines is 1. The number of benzene rings is 1. The third-order valence-corrected chi connectivity index (χ3v) is 5.34. The summed E-state index contributed by atoms with van der Waals surface area (Å²) in [6.07, 6.45) is 3.53. The van der Waals surface area contributed by atoms with Gasteiger partial charge in [-0.25, -0.2) is 4.98 Å². The molecule has 1 saturated heterocycles. The van der Waals surface area contributed by atoms with E-state index < -0.39 is 12.3 Å². The highest BCUT2D eigenvalue weighted by molar-refractivity contribution is 6.00. The molecule has 1 aromatic carbocycles. The van der Waals surface area contributed by atoms with E-state index in [9.17, 15) is 14.7 Å². The van der Waals surface area contributed by atoms with Gasteiger partial charge in [0, 0.05) is 50.0 Å². The largest absolute Gasteiger partial charge is 0.383 e. The third-order valence-electron chi connectivity index (χ3n) is 5.34. The molecule has 0 saturated carbocycles. The lowest BCUT2D eigenvalue weighted by Crippen LogP contribution is -2.51. The molecule has 2 aliphatic rings. The summed E-state index contributed by atoms with van der Waals surface area (Å²) in [5, 5.41) is 16.5. The van der Waals surface area contributed by atoms with E-state index in [1.54, 1.807) is 11.2 Å². The summed E-state index contributed by atoms with van der Waals surface area (Å²) in [7, 11) is 0. The third kappa shape index (κ3) is 3.51. The molecule has 2 amide bonds. The zero-order valence-corrected chi connectivity index (χ0v) is 15.5. The number of aliphatic hydroxyl groups excluding tert-OH is 1. The van der Waals surface area contributed by atoms with Crippen molar-refractivity contribution < 1.29 is 14.7 Å². The van der Waals surface area contributed by atoms with Gasteiger partial charge in [-0.05, 0) is 18.1 Å². The number of imide groups is 1. The molecule has 2 unspecified atom stereocenters. The Bertz CT molecular complexity index is 896. The van der Waals surface area contributed by atoms with Crippen molar-refractivity contribution in [2.75, 3.05) is 11.9 Å². The number of nitrogens with one attached hydrogen (secondary N) is 2. The number of nitrogens with zero attached hydrogens (tertiary/aromatic N) is 3. The number of fused-ring (bicyclic) bond motifs is 1. The number of aromatic nitrogens is 2. The fraction of sp³-hybridized carbons (Fsp3) is 0.421. The Labute approximate surface area is 162 Å². The van der Waals surface area contributed by atoms with Gasteiger partial charge in [-0.15, -0.1) is 0 Å². The fourth-order valence-electron chi connectivity index (χ4n) is 3.87. The number of carbonyl (C=O) groups excluding carboxylic acids is 2. The molecule has 0 bridgehead atoms. The monoisotopic (exact) mass is 384 g/mol. The van der Waals surface area contributed by atoms with Crippen LogP contribution >= 0.6 is 0 Å². The van der Waals surface area contributed by atoms with Crippen LogP contribution in [0.25, 0.3) is 0 Å². The number of hydrogen-bond acceptors (Lipinski definition) is 7. The van der Waals surface area contributed by atoms with Crippen molar-refractivity contribution in [3.63, 3.8) is 0 Å². The van der Waals surface area contributed by atoms with Crippen LogP contribution in [0.1, 0.15) is 35.9 Å². The predicted molar refractivity (Wildman–Crippen MR) is 102 cm³/mol. The molecule has 5 N–H and O–H groups in total.